The van der Waals surface area contributed by atoms with Gasteiger partial charge in [0.05, 0.1) is 0 Å². The molecule has 0 aromatic heterocycles. The Kier molecular flexibility index (Phi) is 4.42. The number of likely N-dealkylation sites (tertiary alicyclic amines) is 1. The maximum atomic E-state index is 5.39. The topological polar surface area (TPSA) is 24.5 Å². The molecule has 0 aliphatic carbocycles. The minimum Gasteiger partial charge on any atom is -0.382 e. The number of hydrogen-bond acceptors (Lipinski definition) is 3. The average Bonchev–Trinajstić information content (AvgIpc) is 2.73. The molecule has 0 aromatic rings. The van der Waals surface area contributed by atoms with Crippen molar-refractivity contribution in [2.24, 2.45) is 5.92 Å². The first kappa shape index (κ1) is 11.4. The van der Waals surface area contributed by atoms with Gasteiger partial charge < -0.3 is 10.1 Å². The molecule has 0 bridgehead atoms. The highest BCUT2D eigenvalue weighted by molar-refractivity contribution is 4.91. The van der Waals surface area contributed by atoms with Gasteiger partial charge >= 0.3 is 0 Å². The van der Waals surface area contributed by atoms with Gasteiger partial charge in [0, 0.05) is 32.3 Å². The Morgan fingerprint density at radius 1 is 1.40 bits per heavy atom. The van der Waals surface area contributed by atoms with Gasteiger partial charge in [0.2, 0.25) is 0 Å². The molecule has 1 N–H and O–H groups in total. The molecule has 2 aliphatic rings. The Morgan fingerprint density at radius 2 is 2.33 bits per heavy atom. The molecule has 3 heteroatoms. The fourth-order valence-corrected chi connectivity index (χ4v) is 2.96. The van der Waals surface area contributed by atoms with Crippen LogP contribution in [-0.2, 0) is 4.74 Å². The van der Waals surface area contributed by atoms with E-state index in [0.29, 0.717) is 0 Å². The van der Waals surface area contributed by atoms with Crippen LogP contribution in [0.1, 0.15) is 26.2 Å². The third-order valence-electron chi connectivity index (χ3n) is 3.73. The standard InChI is InChI=1S/C12H24N2O/c1-2-15-8-4-7-14-6-3-5-11-9-13-10-12(11)14/h11-13H,2-10H2,1H3. The van der Waals surface area contributed by atoms with Crippen molar-refractivity contribution in [3.63, 3.8) is 0 Å². The van der Waals surface area contributed by atoms with E-state index >= 15 is 0 Å². The molecule has 2 unspecified atom stereocenters. The van der Waals surface area contributed by atoms with Crippen LogP contribution in [0.2, 0.25) is 0 Å². The van der Waals surface area contributed by atoms with Crippen LogP contribution < -0.4 is 5.32 Å². The van der Waals surface area contributed by atoms with Crippen LogP contribution in [0, 0.1) is 5.92 Å². The maximum absolute atomic E-state index is 5.39. The van der Waals surface area contributed by atoms with Gasteiger partial charge in [-0.25, -0.2) is 0 Å². The van der Waals surface area contributed by atoms with Gasteiger partial charge in [-0.2, -0.15) is 0 Å². The summed E-state index contributed by atoms with van der Waals surface area (Å²) in [4.78, 5) is 2.67. The number of piperidine rings is 1. The van der Waals surface area contributed by atoms with Crippen molar-refractivity contribution in [1.29, 1.82) is 0 Å². The van der Waals surface area contributed by atoms with Crippen molar-refractivity contribution >= 4 is 0 Å². The van der Waals surface area contributed by atoms with Crippen LogP contribution >= 0.6 is 0 Å². The van der Waals surface area contributed by atoms with E-state index in [9.17, 15) is 0 Å². The minimum absolute atomic E-state index is 0.820. The second-order valence-corrected chi connectivity index (χ2v) is 4.71. The first-order valence-electron chi connectivity index (χ1n) is 6.44. The van der Waals surface area contributed by atoms with Crippen LogP contribution in [0.4, 0.5) is 0 Å². The zero-order valence-electron chi connectivity index (χ0n) is 9.87. The van der Waals surface area contributed by atoms with Crippen molar-refractivity contribution in [1.82, 2.24) is 10.2 Å². The molecule has 0 aromatic carbocycles. The van der Waals surface area contributed by atoms with E-state index < -0.39 is 0 Å². The van der Waals surface area contributed by atoms with Gasteiger partial charge in [-0.3, -0.25) is 4.90 Å². The molecular formula is C12H24N2O. The summed E-state index contributed by atoms with van der Waals surface area (Å²) < 4.78 is 5.39. The van der Waals surface area contributed by atoms with Crippen LogP contribution in [0.15, 0.2) is 0 Å². The Bertz CT molecular complexity index is 186. The summed E-state index contributed by atoms with van der Waals surface area (Å²) in [5, 5.41) is 3.52. The van der Waals surface area contributed by atoms with E-state index in [4.69, 9.17) is 4.74 Å². The number of nitrogens with one attached hydrogen (secondary N) is 1. The van der Waals surface area contributed by atoms with Gasteiger partial charge in [0.15, 0.2) is 0 Å². The van der Waals surface area contributed by atoms with Gasteiger partial charge in [-0.1, -0.05) is 0 Å². The summed E-state index contributed by atoms with van der Waals surface area (Å²) in [6.45, 7) is 8.83. The molecule has 15 heavy (non-hydrogen) atoms. The van der Waals surface area contributed by atoms with Gasteiger partial charge in [-0.15, -0.1) is 0 Å². The third kappa shape index (κ3) is 2.92. The smallest absolute Gasteiger partial charge is 0.0478 e. The molecule has 88 valence electrons. The van der Waals surface area contributed by atoms with Crippen LogP contribution in [-0.4, -0.2) is 50.3 Å². The molecule has 2 heterocycles. The highest BCUT2D eigenvalue weighted by atomic mass is 16.5. The Hall–Kier alpha value is -0.120. The summed E-state index contributed by atoms with van der Waals surface area (Å²) in [6.07, 6.45) is 4.01. The lowest BCUT2D eigenvalue weighted by Crippen LogP contribution is -2.45. The van der Waals surface area contributed by atoms with Crippen LogP contribution in [0.3, 0.4) is 0 Å². The van der Waals surface area contributed by atoms with E-state index in [2.05, 4.69) is 17.1 Å². The summed E-state index contributed by atoms with van der Waals surface area (Å²) in [7, 11) is 0. The number of hydrogen-bond donors (Lipinski definition) is 1. The summed E-state index contributed by atoms with van der Waals surface area (Å²) in [5.41, 5.74) is 0. The molecule has 2 saturated heterocycles. The second kappa shape index (κ2) is 5.83. The summed E-state index contributed by atoms with van der Waals surface area (Å²) in [6, 6.07) is 0.820. The molecule has 2 atom stereocenters. The quantitative estimate of drug-likeness (QED) is 0.691. The maximum Gasteiger partial charge on any atom is 0.0478 e. The summed E-state index contributed by atoms with van der Waals surface area (Å²) >= 11 is 0. The number of ether oxygens (including phenoxy) is 1. The minimum atomic E-state index is 0.820. The van der Waals surface area contributed by atoms with Crippen molar-refractivity contribution < 1.29 is 4.74 Å². The molecule has 3 nitrogen and oxygen atoms in total. The molecule has 0 spiro atoms. The lowest BCUT2D eigenvalue weighted by atomic mass is 9.92. The largest absolute Gasteiger partial charge is 0.382 e. The average molecular weight is 212 g/mol. The molecule has 2 aliphatic heterocycles. The van der Waals surface area contributed by atoms with Crippen molar-refractivity contribution in [2.75, 3.05) is 39.4 Å². The SMILES string of the molecule is CCOCCCN1CCCC2CNCC21. The molecule has 2 rings (SSSR count). The Labute approximate surface area is 93.2 Å². The molecule has 0 radical (unpaired) electrons. The number of fused-ring (bicyclic) bond motifs is 1. The highest BCUT2D eigenvalue weighted by Crippen LogP contribution is 2.26. The zero-order valence-corrected chi connectivity index (χ0v) is 9.87. The highest BCUT2D eigenvalue weighted by Gasteiger charge is 2.34. The molecule has 0 amide bonds. The third-order valence-corrected chi connectivity index (χ3v) is 3.73. The fraction of sp³-hybridized carbons (Fsp3) is 1.00. The molecule has 0 saturated carbocycles. The van der Waals surface area contributed by atoms with E-state index in [1.807, 2.05) is 0 Å². The predicted octanol–water partition coefficient (Wildman–Crippen LogP) is 1.10. The molecule has 2 fully saturated rings. The van der Waals surface area contributed by atoms with Gasteiger partial charge in [-0.05, 0) is 45.2 Å². The van der Waals surface area contributed by atoms with E-state index in [-0.39, 0.29) is 0 Å². The predicted molar refractivity (Wildman–Crippen MR) is 62.1 cm³/mol. The van der Waals surface area contributed by atoms with E-state index in [1.54, 1.807) is 0 Å². The second-order valence-electron chi connectivity index (χ2n) is 4.71. The fourth-order valence-electron chi connectivity index (χ4n) is 2.96. The zero-order chi connectivity index (χ0) is 10.5. The van der Waals surface area contributed by atoms with E-state index in [1.165, 1.54) is 45.4 Å². The first-order valence-corrected chi connectivity index (χ1v) is 6.44. The normalized spacial score (nSPS) is 31.8. The number of rotatable bonds is 5. The van der Waals surface area contributed by atoms with Crippen molar-refractivity contribution in [3.05, 3.63) is 0 Å². The monoisotopic (exact) mass is 212 g/mol. The lowest BCUT2D eigenvalue weighted by molar-refractivity contribution is 0.0946. The van der Waals surface area contributed by atoms with E-state index in [0.717, 1.165) is 25.2 Å². The Morgan fingerprint density at radius 3 is 3.20 bits per heavy atom. The number of nitrogens with zero attached hydrogens (tertiary/aromatic N) is 1. The van der Waals surface area contributed by atoms with Gasteiger partial charge in [0.25, 0.3) is 0 Å². The molecular weight excluding hydrogens is 188 g/mol. The van der Waals surface area contributed by atoms with Crippen LogP contribution in [0.25, 0.3) is 0 Å². The Balaban J connectivity index is 1.71. The first-order chi connectivity index (χ1) is 7.42. The summed E-state index contributed by atoms with van der Waals surface area (Å²) in [5.74, 6) is 0.922. The van der Waals surface area contributed by atoms with Crippen molar-refractivity contribution in [2.45, 2.75) is 32.2 Å². The van der Waals surface area contributed by atoms with Gasteiger partial charge in [0.1, 0.15) is 0 Å². The lowest BCUT2D eigenvalue weighted by Gasteiger charge is -2.37. The van der Waals surface area contributed by atoms with Crippen LogP contribution in [0.5, 0.6) is 0 Å². The van der Waals surface area contributed by atoms with Crippen molar-refractivity contribution in [3.8, 4) is 0 Å².